The first-order valence-electron chi connectivity index (χ1n) is 5.04. The lowest BCUT2D eigenvalue weighted by atomic mass is 10.4. The summed E-state index contributed by atoms with van der Waals surface area (Å²) in [4.78, 5) is 11.4. The van der Waals surface area contributed by atoms with Gasteiger partial charge in [-0.15, -0.1) is 6.42 Å². The highest BCUT2D eigenvalue weighted by Crippen LogP contribution is 2.61. The van der Waals surface area contributed by atoms with Crippen molar-refractivity contribution in [3.8, 4) is 12.3 Å². The minimum absolute atomic E-state index is 0.0563. The number of esters is 1. The van der Waals surface area contributed by atoms with E-state index in [9.17, 15) is 13.8 Å². The van der Waals surface area contributed by atoms with Gasteiger partial charge >= 0.3 is 19.0 Å². The van der Waals surface area contributed by atoms with Gasteiger partial charge in [-0.1, -0.05) is 5.92 Å². The molecule has 17 heavy (non-hydrogen) atoms. The van der Waals surface area contributed by atoms with E-state index in [0.29, 0.717) is 0 Å². The van der Waals surface area contributed by atoms with Gasteiger partial charge in [-0.3, -0.25) is 4.57 Å². The number of terminal acetylenes is 1. The number of carbonyl (C=O) groups is 1. The van der Waals surface area contributed by atoms with Gasteiger partial charge in [0.1, 0.15) is 0 Å². The monoisotopic (exact) mass is 266 g/mol. The lowest BCUT2D eigenvalue weighted by Gasteiger charge is -2.26. The van der Waals surface area contributed by atoms with Gasteiger partial charge in [-0.25, -0.2) is 9.18 Å². The van der Waals surface area contributed by atoms with Gasteiger partial charge in [0.25, 0.3) is 0 Å². The average Bonchev–Trinajstić information content (AvgIpc) is 2.26. The van der Waals surface area contributed by atoms with Crippen molar-refractivity contribution in [2.24, 2.45) is 0 Å². The summed E-state index contributed by atoms with van der Waals surface area (Å²) < 4.78 is 40.1. The number of rotatable bonds is 7. The van der Waals surface area contributed by atoms with Crippen molar-refractivity contribution in [3.05, 3.63) is 0 Å². The van der Waals surface area contributed by atoms with E-state index in [4.69, 9.17) is 15.5 Å². The fourth-order valence-corrected chi connectivity index (χ4v) is 2.50. The molecule has 0 heterocycles. The molecular formula is C10H16FO5P. The summed E-state index contributed by atoms with van der Waals surface area (Å²) in [5, 5.41) is -2.88. The van der Waals surface area contributed by atoms with Crippen molar-refractivity contribution in [3.63, 3.8) is 0 Å². The maximum atomic E-state index is 14.2. The molecule has 1 unspecified atom stereocenters. The van der Waals surface area contributed by atoms with Gasteiger partial charge in [0.15, 0.2) is 6.61 Å². The normalized spacial score (nSPS) is 14.8. The highest BCUT2D eigenvalue weighted by molar-refractivity contribution is 7.56. The molecular weight excluding hydrogens is 250 g/mol. The molecule has 0 aromatic rings. The van der Waals surface area contributed by atoms with Gasteiger partial charge in [-0.05, 0) is 20.8 Å². The Hall–Kier alpha value is -0.890. The number of hydrogen-bond donors (Lipinski definition) is 0. The summed E-state index contributed by atoms with van der Waals surface area (Å²) in [7, 11) is -4.23. The SMILES string of the molecule is C#CCOC(=O)C(C)(F)P(=O)(OCC)OCC. The van der Waals surface area contributed by atoms with Crippen molar-refractivity contribution in [1.82, 2.24) is 0 Å². The second kappa shape index (κ2) is 6.75. The first-order chi connectivity index (χ1) is 7.85. The van der Waals surface area contributed by atoms with Crippen LogP contribution in [0.5, 0.6) is 0 Å². The predicted octanol–water partition coefficient (Wildman–Crippen LogP) is 2.11. The van der Waals surface area contributed by atoms with Gasteiger partial charge in [-0.2, -0.15) is 0 Å². The molecule has 0 bridgehead atoms. The predicted molar refractivity (Wildman–Crippen MR) is 60.2 cm³/mol. The van der Waals surface area contributed by atoms with Crippen LogP contribution in [-0.4, -0.2) is 31.2 Å². The Morgan fingerprint density at radius 1 is 1.41 bits per heavy atom. The molecule has 0 rings (SSSR count). The molecule has 0 spiro atoms. The second-order valence-corrected chi connectivity index (χ2v) is 5.42. The van der Waals surface area contributed by atoms with Crippen LogP contribution in [0.15, 0.2) is 0 Å². The summed E-state index contributed by atoms with van der Waals surface area (Å²) in [5.41, 5.74) is 0. The van der Waals surface area contributed by atoms with Crippen LogP contribution < -0.4 is 0 Å². The van der Waals surface area contributed by atoms with E-state index in [1.807, 2.05) is 5.92 Å². The summed E-state index contributed by atoms with van der Waals surface area (Å²) in [6.45, 7) is 3.29. The van der Waals surface area contributed by atoms with Crippen molar-refractivity contribution in [2.45, 2.75) is 26.2 Å². The van der Waals surface area contributed by atoms with E-state index in [1.165, 1.54) is 13.8 Å². The third-order valence-corrected chi connectivity index (χ3v) is 4.18. The van der Waals surface area contributed by atoms with Crippen LogP contribution >= 0.6 is 7.60 Å². The maximum Gasteiger partial charge on any atom is 0.378 e. The van der Waals surface area contributed by atoms with Crippen LogP contribution in [0.25, 0.3) is 0 Å². The fraction of sp³-hybridized carbons (Fsp3) is 0.700. The van der Waals surface area contributed by atoms with E-state index < -0.39 is 25.6 Å². The van der Waals surface area contributed by atoms with E-state index in [2.05, 4.69) is 4.74 Å². The molecule has 0 aromatic heterocycles. The van der Waals surface area contributed by atoms with Crippen LogP contribution in [0.4, 0.5) is 4.39 Å². The second-order valence-electron chi connectivity index (χ2n) is 3.07. The minimum atomic E-state index is -4.23. The summed E-state index contributed by atoms with van der Waals surface area (Å²) in [6.07, 6.45) is 4.87. The number of ether oxygens (including phenoxy) is 1. The molecule has 1 atom stereocenters. The van der Waals surface area contributed by atoms with Gasteiger partial charge in [0.2, 0.25) is 0 Å². The number of alkyl halides is 1. The maximum absolute atomic E-state index is 14.2. The lowest BCUT2D eigenvalue weighted by Crippen LogP contribution is -2.34. The molecule has 0 aliphatic heterocycles. The van der Waals surface area contributed by atoms with Crippen LogP contribution in [0.1, 0.15) is 20.8 Å². The van der Waals surface area contributed by atoms with Crippen LogP contribution in [-0.2, 0) is 23.1 Å². The third kappa shape index (κ3) is 3.81. The quantitative estimate of drug-likeness (QED) is 0.401. The molecule has 0 aromatic carbocycles. The molecule has 0 fully saturated rings. The molecule has 5 nitrogen and oxygen atoms in total. The topological polar surface area (TPSA) is 61.8 Å². The largest absolute Gasteiger partial charge is 0.450 e. The Labute approximate surface area is 100 Å². The van der Waals surface area contributed by atoms with Gasteiger partial charge in [0, 0.05) is 0 Å². The average molecular weight is 266 g/mol. The minimum Gasteiger partial charge on any atom is -0.450 e. The van der Waals surface area contributed by atoms with Crippen LogP contribution in [0.2, 0.25) is 0 Å². The Balaban J connectivity index is 5.01. The molecule has 0 saturated heterocycles. The molecule has 0 amide bonds. The first kappa shape index (κ1) is 16.1. The molecule has 0 aliphatic rings. The Morgan fingerprint density at radius 3 is 2.24 bits per heavy atom. The van der Waals surface area contributed by atoms with E-state index >= 15 is 0 Å². The molecule has 98 valence electrons. The number of carbonyl (C=O) groups excluding carboxylic acids is 1. The Bertz CT molecular complexity index is 337. The fourth-order valence-electron chi connectivity index (χ4n) is 0.970. The summed E-state index contributed by atoms with van der Waals surface area (Å²) in [5.74, 6) is 0.645. The Morgan fingerprint density at radius 2 is 1.88 bits per heavy atom. The van der Waals surface area contributed by atoms with Gasteiger partial charge in [0.05, 0.1) is 13.2 Å². The van der Waals surface area contributed by atoms with Crippen molar-refractivity contribution >= 4 is 13.6 Å². The summed E-state index contributed by atoms with van der Waals surface area (Å²) in [6, 6.07) is 0. The Kier molecular flexibility index (Phi) is 6.40. The highest BCUT2D eigenvalue weighted by atomic mass is 31.2. The van der Waals surface area contributed by atoms with Gasteiger partial charge < -0.3 is 13.8 Å². The van der Waals surface area contributed by atoms with E-state index in [0.717, 1.165) is 6.92 Å². The smallest absolute Gasteiger partial charge is 0.378 e. The van der Waals surface area contributed by atoms with E-state index in [1.54, 1.807) is 0 Å². The number of halogens is 1. The zero-order chi connectivity index (χ0) is 13.5. The zero-order valence-corrected chi connectivity index (χ0v) is 11.0. The molecule has 0 saturated carbocycles. The standard InChI is InChI=1S/C10H16FO5P/c1-5-8-14-9(12)10(4,11)17(13,15-6-2)16-7-3/h1H,6-8H2,2-4H3. The van der Waals surface area contributed by atoms with Crippen LogP contribution in [0.3, 0.4) is 0 Å². The van der Waals surface area contributed by atoms with Crippen molar-refractivity contribution < 1.29 is 27.5 Å². The molecule has 0 radical (unpaired) electrons. The molecule has 7 heteroatoms. The number of hydrogen-bond acceptors (Lipinski definition) is 5. The van der Waals surface area contributed by atoms with Crippen LogP contribution in [0, 0.1) is 12.3 Å². The van der Waals surface area contributed by atoms with E-state index in [-0.39, 0.29) is 13.2 Å². The van der Waals surface area contributed by atoms with Crippen molar-refractivity contribution in [1.29, 1.82) is 0 Å². The third-order valence-electron chi connectivity index (χ3n) is 1.77. The highest BCUT2D eigenvalue weighted by Gasteiger charge is 2.55. The first-order valence-corrected chi connectivity index (χ1v) is 6.58. The zero-order valence-electron chi connectivity index (χ0n) is 10.1. The molecule has 0 aliphatic carbocycles. The molecule has 0 N–H and O–H groups in total. The lowest BCUT2D eigenvalue weighted by molar-refractivity contribution is -0.151. The van der Waals surface area contributed by atoms with Crippen molar-refractivity contribution in [2.75, 3.05) is 19.8 Å². The summed E-state index contributed by atoms with van der Waals surface area (Å²) >= 11 is 0.